The molecule has 1 fully saturated rings. The summed E-state index contributed by atoms with van der Waals surface area (Å²) in [6.07, 6.45) is 8.36. The van der Waals surface area contributed by atoms with Crippen molar-refractivity contribution in [3.05, 3.63) is 12.3 Å². The first kappa shape index (κ1) is 13.1. The number of nitrogens with zero attached hydrogens (tertiary/aromatic N) is 2. The minimum absolute atomic E-state index is 0.0105. The highest BCUT2D eigenvalue weighted by atomic mass is 15.2. The summed E-state index contributed by atoms with van der Waals surface area (Å²) >= 11 is 0. The number of aromatic nitrogens is 2. The second-order valence-corrected chi connectivity index (χ2v) is 6.12. The van der Waals surface area contributed by atoms with Crippen LogP contribution in [-0.4, -0.2) is 21.5 Å². The quantitative estimate of drug-likeness (QED) is 0.860. The number of anilines is 2. The van der Waals surface area contributed by atoms with Crippen molar-refractivity contribution in [3.8, 4) is 0 Å². The van der Waals surface area contributed by atoms with Crippen LogP contribution in [0, 0.1) is 0 Å². The van der Waals surface area contributed by atoms with Crippen molar-refractivity contribution in [2.45, 2.75) is 64.5 Å². The van der Waals surface area contributed by atoms with E-state index in [-0.39, 0.29) is 5.54 Å². The van der Waals surface area contributed by atoms with Crippen LogP contribution in [0.2, 0.25) is 0 Å². The number of rotatable bonds is 3. The highest BCUT2D eigenvalue weighted by Gasteiger charge is 2.15. The van der Waals surface area contributed by atoms with Crippen LogP contribution in [0.3, 0.4) is 0 Å². The van der Waals surface area contributed by atoms with Crippen LogP contribution < -0.4 is 10.6 Å². The van der Waals surface area contributed by atoms with Gasteiger partial charge in [-0.15, -0.1) is 0 Å². The fraction of sp³-hybridized carbons (Fsp3) is 0.714. The van der Waals surface area contributed by atoms with Crippen molar-refractivity contribution in [1.82, 2.24) is 9.97 Å². The van der Waals surface area contributed by atoms with Gasteiger partial charge in [0, 0.05) is 17.8 Å². The molecule has 0 bridgehead atoms. The van der Waals surface area contributed by atoms with Crippen LogP contribution in [0.5, 0.6) is 0 Å². The molecule has 4 nitrogen and oxygen atoms in total. The average Bonchev–Trinajstić information content (AvgIpc) is 2.28. The summed E-state index contributed by atoms with van der Waals surface area (Å²) < 4.78 is 0. The lowest BCUT2D eigenvalue weighted by atomic mass is 9.95. The first-order valence-corrected chi connectivity index (χ1v) is 6.91. The maximum absolute atomic E-state index is 4.52. The van der Waals surface area contributed by atoms with Crippen molar-refractivity contribution in [2.75, 3.05) is 10.6 Å². The Morgan fingerprint density at radius 3 is 2.56 bits per heavy atom. The monoisotopic (exact) mass is 248 g/mol. The van der Waals surface area contributed by atoms with E-state index in [1.54, 1.807) is 0 Å². The average molecular weight is 248 g/mol. The summed E-state index contributed by atoms with van der Waals surface area (Å²) in [6, 6.07) is 2.53. The molecule has 2 rings (SSSR count). The van der Waals surface area contributed by atoms with E-state index < -0.39 is 0 Å². The highest BCUT2D eigenvalue weighted by Crippen LogP contribution is 2.21. The molecule has 0 atom stereocenters. The van der Waals surface area contributed by atoms with Gasteiger partial charge in [-0.2, -0.15) is 4.98 Å². The Morgan fingerprint density at radius 1 is 1.17 bits per heavy atom. The molecule has 0 amide bonds. The second-order valence-electron chi connectivity index (χ2n) is 6.12. The molecule has 1 aliphatic rings. The van der Waals surface area contributed by atoms with E-state index in [9.17, 15) is 0 Å². The van der Waals surface area contributed by atoms with E-state index in [1.807, 2.05) is 12.3 Å². The Bertz CT molecular complexity index is 378. The standard InChI is InChI=1S/C14H24N4/c1-14(2,3)18-13-15-10-9-12(17-13)16-11-7-5-4-6-8-11/h9-11H,4-8H2,1-3H3,(H2,15,16,17,18). The van der Waals surface area contributed by atoms with Crippen LogP contribution in [0.15, 0.2) is 12.3 Å². The van der Waals surface area contributed by atoms with Gasteiger partial charge in [0.1, 0.15) is 5.82 Å². The molecule has 18 heavy (non-hydrogen) atoms. The molecule has 1 heterocycles. The molecule has 0 saturated heterocycles. The van der Waals surface area contributed by atoms with Crippen molar-refractivity contribution >= 4 is 11.8 Å². The summed E-state index contributed by atoms with van der Waals surface area (Å²) in [4.78, 5) is 8.77. The fourth-order valence-corrected chi connectivity index (χ4v) is 2.29. The third kappa shape index (κ3) is 4.17. The van der Waals surface area contributed by atoms with Crippen molar-refractivity contribution < 1.29 is 0 Å². The third-order valence-corrected chi connectivity index (χ3v) is 3.10. The van der Waals surface area contributed by atoms with Gasteiger partial charge < -0.3 is 10.6 Å². The number of nitrogens with one attached hydrogen (secondary N) is 2. The van der Waals surface area contributed by atoms with E-state index in [4.69, 9.17) is 0 Å². The van der Waals surface area contributed by atoms with Crippen LogP contribution in [-0.2, 0) is 0 Å². The summed E-state index contributed by atoms with van der Waals surface area (Å²) in [5, 5.41) is 6.81. The molecule has 1 aromatic rings. The molecule has 0 unspecified atom stereocenters. The van der Waals surface area contributed by atoms with Crippen molar-refractivity contribution in [3.63, 3.8) is 0 Å². The maximum atomic E-state index is 4.52. The van der Waals surface area contributed by atoms with Gasteiger partial charge in [-0.05, 0) is 39.7 Å². The Hall–Kier alpha value is -1.32. The first-order valence-electron chi connectivity index (χ1n) is 6.91. The molecule has 1 saturated carbocycles. The topological polar surface area (TPSA) is 49.8 Å². The first-order chi connectivity index (χ1) is 8.53. The van der Waals surface area contributed by atoms with E-state index >= 15 is 0 Å². The minimum atomic E-state index is -0.0105. The van der Waals surface area contributed by atoms with Crippen molar-refractivity contribution in [1.29, 1.82) is 0 Å². The van der Waals surface area contributed by atoms with E-state index in [2.05, 4.69) is 41.4 Å². The lowest BCUT2D eigenvalue weighted by Crippen LogP contribution is -2.28. The second kappa shape index (κ2) is 5.55. The van der Waals surface area contributed by atoms with Gasteiger partial charge >= 0.3 is 0 Å². The minimum Gasteiger partial charge on any atom is -0.367 e. The fourth-order valence-electron chi connectivity index (χ4n) is 2.29. The summed E-state index contributed by atoms with van der Waals surface area (Å²) in [7, 11) is 0. The van der Waals surface area contributed by atoms with E-state index in [1.165, 1.54) is 32.1 Å². The van der Waals surface area contributed by atoms with Crippen molar-refractivity contribution in [2.24, 2.45) is 0 Å². The molecule has 100 valence electrons. The van der Waals surface area contributed by atoms with Gasteiger partial charge in [-0.1, -0.05) is 19.3 Å². The van der Waals surface area contributed by atoms with Gasteiger partial charge in [0.05, 0.1) is 0 Å². The van der Waals surface area contributed by atoms with Gasteiger partial charge in [0.15, 0.2) is 0 Å². The van der Waals surface area contributed by atoms with Gasteiger partial charge in [-0.25, -0.2) is 4.98 Å². The summed E-state index contributed by atoms with van der Waals surface area (Å²) in [6.45, 7) is 6.33. The zero-order chi connectivity index (χ0) is 13.0. The van der Waals surface area contributed by atoms with Gasteiger partial charge in [-0.3, -0.25) is 0 Å². The summed E-state index contributed by atoms with van der Waals surface area (Å²) in [5.41, 5.74) is -0.0105. The Kier molecular flexibility index (Phi) is 4.04. The van der Waals surface area contributed by atoms with E-state index in [0.29, 0.717) is 12.0 Å². The van der Waals surface area contributed by atoms with Gasteiger partial charge in [0.2, 0.25) is 5.95 Å². The highest BCUT2D eigenvalue weighted by molar-refractivity contribution is 5.41. The third-order valence-electron chi connectivity index (χ3n) is 3.10. The smallest absolute Gasteiger partial charge is 0.224 e. The van der Waals surface area contributed by atoms with Crippen LogP contribution in [0.25, 0.3) is 0 Å². The normalized spacial score (nSPS) is 17.5. The summed E-state index contributed by atoms with van der Waals surface area (Å²) in [5.74, 6) is 1.63. The SMILES string of the molecule is CC(C)(C)Nc1nccc(NC2CCCCC2)n1. The molecule has 0 aromatic carbocycles. The molecule has 0 spiro atoms. The maximum Gasteiger partial charge on any atom is 0.224 e. The van der Waals surface area contributed by atoms with Crippen LogP contribution in [0.1, 0.15) is 52.9 Å². The molecule has 4 heteroatoms. The van der Waals surface area contributed by atoms with Crippen LogP contribution in [0.4, 0.5) is 11.8 Å². The molecule has 0 aliphatic heterocycles. The molecule has 2 N–H and O–H groups in total. The lowest BCUT2D eigenvalue weighted by molar-refractivity contribution is 0.462. The van der Waals surface area contributed by atoms with E-state index in [0.717, 1.165) is 5.82 Å². The molecule has 1 aromatic heterocycles. The largest absolute Gasteiger partial charge is 0.367 e. The molecular weight excluding hydrogens is 224 g/mol. The van der Waals surface area contributed by atoms with Crippen LogP contribution >= 0.6 is 0 Å². The predicted octanol–water partition coefficient (Wildman–Crippen LogP) is 3.43. The zero-order valence-electron chi connectivity index (χ0n) is 11.7. The zero-order valence-corrected chi connectivity index (χ0v) is 11.7. The molecule has 1 aliphatic carbocycles. The Balaban J connectivity index is 1.98. The molecular formula is C14H24N4. The Labute approximate surface area is 110 Å². The Morgan fingerprint density at radius 2 is 1.89 bits per heavy atom. The number of hydrogen-bond donors (Lipinski definition) is 2. The number of hydrogen-bond acceptors (Lipinski definition) is 4. The predicted molar refractivity (Wildman–Crippen MR) is 75.9 cm³/mol. The van der Waals surface area contributed by atoms with Gasteiger partial charge in [0.25, 0.3) is 0 Å². The lowest BCUT2D eigenvalue weighted by Gasteiger charge is -2.24. The molecule has 0 radical (unpaired) electrons.